The lowest BCUT2D eigenvalue weighted by Crippen LogP contribution is -2.29. The molecular weight excluding hydrogens is 333 g/mol. The highest BCUT2D eigenvalue weighted by atomic mass is 19.4. The highest BCUT2D eigenvalue weighted by molar-refractivity contribution is 5.94. The topological polar surface area (TPSA) is 58.2 Å². The van der Waals surface area contributed by atoms with E-state index in [9.17, 15) is 22.8 Å². The first-order chi connectivity index (χ1) is 11.8. The third-order valence-electron chi connectivity index (χ3n) is 3.44. The Morgan fingerprint density at radius 1 is 0.880 bits per heavy atom. The molecule has 0 unspecified atom stereocenters. The Labute approximate surface area is 143 Å². The van der Waals surface area contributed by atoms with Crippen LogP contribution in [0.3, 0.4) is 0 Å². The number of hydrogen-bond donors (Lipinski definition) is 2. The van der Waals surface area contributed by atoms with Gasteiger partial charge >= 0.3 is 12.1 Å². The molecule has 2 aromatic rings. The molecule has 132 valence electrons. The van der Waals surface area contributed by atoms with Gasteiger partial charge in [-0.1, -0.05) is 42.5 Å². The maximum atomic E-state index is 12.2. The van der Waals surface area contributed by atoms with Crippen molar-refractivity contribution in [2.45, 2.75) is 25.6 Å². The number of benzene rings is 2. The van der Waals surface area contributed by atoms with Gasteiger partial charge in [-0.3, -0.25) is 9.59 Å². The number of rotatable bonds is 6. The van der Waals surface area contributed by atoms with Crippen LogP contribution in [0.1, 0.15) is 17.5 Å². The molecule has 0 aromatic heterocycles. The zero-order valence-corrected chi connectivity index (χ0v) is 13.3. The summed E-state index contributed by atoms with van der Waals surface area (Å²) in [5.74, 6) is -2.13. The molecule has 0 saturated heterocycles. The van der Waals surface area contributed by atoms with E-state index in [0.29, 0.717) is 12.8 Å². The second-order valence-electron chi connectivity index (χ2n) is 5.41. The van der Waals surface area contributed by atoms with E-state index in [1.807, 2.05) is 30.3 Å². The molecule has 0 radical (unpaired) electrons. The Morgan fingerprint density at radius 2 is 1.52 bits per heavy atom. The lowest BCUT2D eigenvalue weighted by molar-refractivity contribution is -0.167. The molecule has 0 heterocycles. The first-order valence-corrected chi connectivity index (χ1v) is 7.62. The SMILES string of the molecule is O=C(CCc1ccccc1)NCc1ccc(NC(=O)C(F)(F)F)cc1. The summed E-state index contributed by atoms with van der Waals surface area (Å²) >= 11 is 0. The summed E-state index contributed by atoms with van der Waals surface area (Å²) in [7, 11) is 0. The fourth-order valence-electron chi connectivity index (χ4n) is 2.10. The Bertz CT molecular complexity index is 713. The number of carbonyl (C=O) groups is 2. The van der Waals surface area contributed by atoms with E-state index < -0.39 is 12.1 Å². The molecule has 0 aliphatic rings. The Morgan fingerprint density at radius 3 is 2.12 bits per heavy atom. The Balaban J connectivity index is 1.77. The zero-order valence-electron chi connectivity index (χ0n) is 13.3. The monoisotopic (exact) mass is 350 g/mol. The van der Waals surface area contributed by atoms with E-state index in [1.165, 1.54) is 12.1 Å². The van der Waals surface area contributed by atoms with Gasteiger partial charge in [0.25, 0.3) is 0 Å². The van der Waals surface area contributed by atoms with Gasteiger partial charge < -0.3 is 10.6 Å². The summed E-state index contributed by atoms with van der Waals surface area (Å²) < 4.78 is 36.5. The van der Waals surface area contributed by atoms with Crippen LogP contribution in [0.2, 0.25) is 0 Å². The maximum Gasteiger partial charge on any atom is 0.471 e. The molecule has 7 heteroatoms. The highest BCUT2D eigenvalue weighted by Crippen LogP contribution is 2.18. The van der Waals surface area contributed by atoms with Gasteiger partial charge in [0.2, 0.25) is 5.91 Å². The normalized spacial score (nSPS) is 11.0. The van der Waals surface area contributed by atoms with Crippen molar-refractivity contribution < 1.29 is 22.8 Å². The standard InChI is InChI=1S/C18H17F3N2O2/c19-18(20,21)17(25)23-15-9-6-14(7-10-15)12-22-16(24)11-8-13-4-2-1-3-5-13/h1-7,9-10H,8,11-12H2,(H,22,24)(H,23,25). The zero-order chi connectivity index (χ0) is 18.3. The van der Waals surface area contributed by atoms with Crippen LogP contribution in [0.25, 0.3) is 0 Å². The average Bonchev–Trinajstić information content (AvgIpc) is 2.59. The molecule has 0 aliphatic carbocycles. The smallest absolute Gasteiger partial charge is 0.352 e. The molecule has 0 atom stereocenters. The average molecular weight is 350 g/mol. The van der Waals surface area contributed by atoms with Crippen LogP contribution in [0.15, 0.2) is 54.6 Å². The minimum absolute atomic E-state index is 0.0430. The van der Waals surface area contributed by atoms with Crippen LogP contribution >= 0.6 is 0 Å². The number of aryl methyl sites for hydroxylation is 1. The van der Waals surface area contributed by atoms with Crippen molar-refractivity contribution >= 4 is 17.5 Å². The largest absolute Gasteiger partial charge is 0.471 e. The van der Waals surface area contributed by atoms with Crippen molar-refractivity contribution in [3.8, 4) is 0 Å². The summed E-state index contributed by atoms with van der Waals surface area (Å²) in [5, 5.41) is 4.51. The minimum Gasteiger partial charge on any atom is -0.352 e. The predicted molar refractivity (Wildman–Crippen MR) is 87.7 cm³/mol. The predicted octanol–water partition coefficient (Wildman–Crippen LogP) is 3.44. The number of hydrogen-bond acceptors (Lipinski definition) is 2. The van der Waals surface area contributed by atoms with Gasteiger partial charge in [0.15, 0.2) is 0 Å². The summed E-state index contributed by atoms with van der Waals surface area (Å²) in [6.07, 6.45) is -3.94. The summed E-state index contributed by atoms with van der Waals surface area (Å²) in [6, 6.07) is 15.4. The van der Waals surface area contributed by atoms with Gasteiger partial charge in [-0.2, -0.15) is 13.2 Å². The summed E-state index contributed by atoms with van der Waals surface area (Å²) in [6.45, 7) is 0.265. The van der Waals surface area contributed by atoms with Crippen LogP contribution in [-0.2, 0) is 22.6 Å². The van der Waals surface area contributed by atoms with E-state index in [2.05, 4.69) is 5.32 Å². The van der Waals surface area contributed by atoms with Crippen molar-refractivity contribution in [2.24, 2.45) is 0 Å². The van der Waals surface area contributed by atoms with Crippen molar-refractivity contribution in [1.29, 1.82) is 0 Å². The molecule has 0 spiro atoms. The van der Waals surface area contributed by atoms with Crippen LogP contribution < -0.4 is 10.6 Å². The molecule has 0 aliphatic heterocycles. The van der Waals surface area contributed by atoms with Gasteiger partial charge in [0, 0.05) is 18.7 Å². The minimum atomic E-state index is -4.93. The van der Waals surface area contributed by atoms with Crippen molar-refractivity contribution in [2.75, 3.05) is 5.32 Å². The molecule has 4 nitrogen and oxygen atoms in total. The highest BCUT2D eigenvalue weighted by Gasteiger charge is 2.38. The van der Waals surface area contributed by atoms with Crippen molar-refractivity contribution in [3.63, 3.8) is 0 Å². The molecule has 2 amide bonds. The second-order valence-corrected chi connectivity index (χ2v) is 5.41. The van der Waals surface area contributed by atoms with E-state index >= 15 is 0 Å². The fraction of sp³-hybridized carbons (Fsp3) is 0.222. The Hall–Kier alpha value is -2.83. The molecular formula is C18H17F3N2O2. The Kier molecular flexibility index (Phi) is 6.16. The van der Waals surface area contributed by atoms with Crippen LogP contribution in [0.4, 0.5) is 18.9 Å². The molecule has 25 heavy (non-hydrogen) atoms. The van der Waals surface area contributed by atoms with E-state index in [-0.39, 0.29) is 18.1 Å². The number of carbonyl (C=O) groups excluding carboxylic acids is 2. The maximum absolute atomic E-state index is 12.2. The molecule has 0 fully saturated rings. The number of alkyl halides is 3. The van der Waals surface area contributed by atoms with E-state index in [0.717, 1.165) is 11.1 Å². The molecule has 2 aromatic carbocycles. The summed E-state index contributed by atoms with van der Waals surface area (Å²) in [4.78, 5) is 22.6. The number of amides is 2. The number of nitrogens with one attached hydrogen (secondary N) is 2. The van der Waals surface area contributed by atoms with Crippen LogP contribution in [0.5, 0.6) is 0 Å². The summed E-state index contributed by atoms with van der Waals surface area (Å²) in [5.41, 5.74) is 1.84. The van der Waals surface area contributed by atoms with Gasteiger partial charge in [0.1, 0.15) is 0 Å². The number of anilines is 1. The quantitative estimate of drug-likeness (QED) is 0.839. The molecule has 0 saturated carbocycles. The van der Waals surface area contributed by atoms with Crippen molar-refractivity contribution in [3.05, 3.63) is 65.7 Å². The fourth-order valence-corrected chi connectivity index (χ4v) is 2.10. The lowest BCUT2D eigenvalue weighted by atomic mass is 10.1. The van der Waals surface area contributed by atoms with Crippen LogP contribution in [0, 0.1) is 0 Å². The van der Waals surface area contributed by atoms with Gasteiger partial charge in [-0.05, 0) is 29.7 Å². The van der Waals surface area contributed by atoms with Crippen molar-refractivity contribution in [1.82, 2.24) is 5.32 Å². The lowest BCUT2D eigenvalue weighted by Gasteiger charge is -2.09. The first-order valence-electron chi connectivity index (χ1n) is 7.62. The molecule has 2 N–H and O–H groups in total. The molecule has 0 bridgehead atoms. The van der Waals surface area contributed by atoms with Crippen LogP contribution in [-0.4, -0.2) is 18.0 Å². The van der Waals surface area contributed by atoms with E-state index in [4.69, 9.17) is 0 Å². The third-order valence-corrected chi connectivity index (χ3v) is 3.44. The number of halogens is 3. The third kappa shape index (κ3) is 6.29. The molecule has 2 rings (SSSR count). The first kappa shape index (κ1) is 18.5. The van der Waals surface area contributed by atoms with Gasteiger partial charge in [0.05, 0.1) is 0 Å². The van der Waals surface area contributed by atoms with E-state index in [1.54, 1.807) is 17.4 Å². The second kappa shape index (κ2) is 8.32. The van der Waals surface area contributed by atoms with Gasteiger partial charge in [-0.25, -0.2) is 0 Å². The van der Waals surface area contributed by atoms with Gasteiger partial charge in [-0.15, -0.1) is 0 Å².